The summed E-state index contributed by atoms with van der Waals surface area (Å²) in [6.07, 6.45) is 6.52. The average molecular weight is 455 g/mol. The number of halogens is 3. The van der Waals surface area contributed by atoms with Crippen LogP contribution >= 0.6 is 0 Å². The molecule has 1 aliphatic heterocycles. The van der Waals surface area contributed by atoms with E-state index in [1.165, 1.54) is 12.1 Å². The number of ether oxygens (including phenoxy) is 1. The van der Waals surface area contributed by atoms with Gasteiger partial charge in [-0.2, -0.15) is 0 Å². The van der Waals surface area contributed by atoms with Crippen molar-refractivity contribution < 1.29 is 22.7 Å². The third-order valence-corrected chi connectivity index (χ3v) is 5.92. The summed E-state index contributed by atoms with van der Waals surface area (Å²) in [5.74, 6) is -2.05. The maximum absolute atomic E-state index is 14.6. The fraction of sp³-hybridized carbons (Fsp3) is 0.320. The number of benzene rings is 2. The first-order valence-corrected chi connectivity index (χ1v) is 10.9. The first-order chi connectivity index (χ1) is 16.0. The van der Waals surface area contributed by atoms with Gasteiger partial charge in [0.25, 0.3) is 0 Å². The van der Waals surface area contributed by atoms with Crippen LogP contribution in [-0.4, -0.2) is 36.0 Å². The van der Waals surface area contributed by atoms with E-state index in [4.69, 9.17) is 4.74 Å². The highest BCUT2D eigenvalue weighted by atomic mass is 19.1. The molecule has 0 N–H and O–H groups in total. The smallest absolute Gasteiger partial charge is 0.225 e. The second-order valence-corrected chi connectivity index (χ2v) is 8.11. The van der Waals surface area contributed by atoms with Gasteiger partial charge in [-0.05, 0) is 66.1 Å². The van der Waals surface area contributed by atoms with Crippen molar-refractivity contribution in [3.63, 3.8) is 0 Å². The highest BCUT2D eigenvalue weighted by molar-refractivity contribution is 5.77. The third-order valence-electron chi connectivity index (χ3n) is 5.92. The van der Waals surface area contributed by atoms with Gasteiger partial charge in [0.15, 0.2) is 23.7 Å². The Morgan fingerprint density at radius 1 is 1.00 bits per heavy atom. The quantitative estimate of drug-likeness (QED) is 0.457. The normalized spacial score (nSPS) is 14.4. The molecule has 1 fully saturated rings. The van der Waals surface area contributed by atoms with Gasteiger partial charge >= 0.3 is 0 Å². The standard InChI is InChI=1S/C25H24F3N3O2/c1-2-16-12-29-25(30-13-16)31-7-5-17(6-8-31)15-33-24-22(27)10-20(11-23(24)28)18-3-4-19(14-32)21(26)9-18/h3-4,9-14,17H,2,5-8,15H2,1H3. The summed E-state index contributed by atoms with van der Waals surface area (Å²) >= 11 is 0. The molecule has 0 unspecified atom stereocenters. The predicted molar refractivity (Wildman–Crippen MR) is 119 cm³/mol. The lowest BCUT2D eigenvalue weighted by molar-refractivity contribution is 0.112. The molecule has 3 aromatic rings. The lowest BCUT2D eigenvalue weighted by Crippen LogP contribution is -2.36. The van der Waals surface area contributed by atoms with Gasteiger partial charge in [-0.25, -0.2) is 23.1 Å². The maximum Gasteiger partial charge on any atom is 0.225 e. The maximum atomic E-state index is 14.6. The number of piperidine rings is 1. The van der Waals surface area contributed by atoms with Gasteiger partial charge in [-0.15, -0.1) is 0 Å². The number of nitrogens with zero attached hydrogens (tertiary/aromatic N) is 3. The third kappa shape index (κ3) is 5.16. The molecule has 0 spiro atoms. The van der Waals surface area contributed by atoms with E-state index in [0.29, 0.717) is 12.2 Å². The van der Waals surface area contributed by atoms with E-state index in [1.807, 2.05) is 12.4 Å². The Labute approximate surface area is 190 Å². The Morgan fingerprint density at radius 3 is 2.21 bits per heavy atom. The van der Waals surface area contributed by atoms with Crippen molar-refractivity contribution in [1.29, 1.82) is 0 Å². The van der Waals surface area contributed by atoms with Crippen LogP contribution in [-0.2, 0) is 6.42 Å². The molecule has 1 aliphatic rings. The summed E-state index contributed by atoms with van der Waals surface area (Å²) in [5.41, 5.74) is 1.40. The predicted octanol–water partition coefficient (Wildman–Crippen LogP) is 5.23. The first-order valence-electron chi connectivity index (χ1n) is 10.9. The molecule has 33 heavy (non-hydrogen) atoms. The fourth-order valence-corrected chi connectivity index (χ4v) is 3.86. The molecule has 1 saturated heterocycles. The van der Waals surface area contributed by atoms with E-state index in [-0.39, 0.29) is 29.2 Å². The summed E-state index contributed by atoms with van der Waals surface area (Å²) in [7, 11) is 0. The molecule has 8 heteroatoms. The molecular formula is C25H24F3N3O2. The number of anilines is 1. The zero-order valence-corrected chi connectivity index (χ0v) is 18.2. The average Bonchev–Trinajstić information content (AvgIpc) is 2.84. The van der Waals surface area contributed by atoms with E-state index in [9.17, 15) is 18.0 Å². The van der Waals surface area contributed by atoms with Crippen molar-refractivity contribution >= 4 is 12.2 Å². The number of aldehydes is 1. The van der Waals surface area contributed by atoms with E-state index in [1.54, 1.807) is 0 Å². The molecule has 0 amide bonds. The lowest BCUT2D eigenvalue weighted by atomic mass is 9.98. The molecule has 0 bridgehead atoms. The molecular weight excluding hydrogens is 431 g/mol. The summed E-state index contributed by atoms with van der Waals surface area (Å²) in [6, 6.07) is 6.00. The van der Waals surface area contributed by atoms with Gasteiger partial charge in [0.1, 0.15) is 5.82 Å². The van der Waals surface area contributed by atoms with Crippen molar-refractivity contribution in [2.24, 2.45) is 5.92 Å². The molecule has 2 aromatic carbocycles. The Morgan fingerprint density at radius 2 is 1.64 bits per heavy atom. The van der Waals surface area contributed by atoms with Gasteiger partial charge in [-0.1, -0.05) is 13.0 Å². The van der Waals surface area contributed by atoms with Gasteiger partial charge in [0, 0.05) is 25.5 Å². The van der Waals surface area contributed by atoms with Crippen LogP contribution in [0, 0.1) is 23.4 Å². The number of aryl methyl sites for hydroxylation is 1. The highest BCUT2D eigenvalue weighted by Gasteiger charge is 2.23. The molecule has 0 atom stereocenters. The monoisotopic (exact) mass is 455 g/mol. The van der Waals surface area contributed by atoms with Crippen molar-refractivity contribution in [2.75, 3.05) is 24.6 Å². The van der Waals surface area contributed by atoms with Crippen LogP contribution in [0.15, 0.2) is 42.7 Å². The molecule has 0 saturated carbocycles. The summed E-state index contributed by atoms with van der Waals surface area (Å²) in [6.45, 7) is 3.73. The van der Waals surface area contributed by atoms with Crippen LogP contribution < -0.4 is 9.64 Å². The van der Waals surface area contributed by atoms with Gasteiger partial charge in [0.05, 0.1) is 12.2 Å². The van der Waals surface area contributed by atoms with Crippen LogP contribution in [0.5, 0.6) is 5.75 Å². The van der Waals surface area contributed by atoms with E-state index < -0.39 is 23.2 Å². The molecule has 1 aromatic heterocycles. The lowest BCUT2D eigenvalue weighted by Gasteiger charge is -2.31. The molecule has 172 valence electrons. The van der Waals surface area contributed by atoms with E-state index >= 15 is 0 Å². The summed E-state index contributed by atoms with van der Waals surface area (Å²) in [5, 5.41) is 0. The molecule has 5 nitrogen and oxygen atoms in total. The first kappa shape index (κ1) is 22.8. The minimum Gasteiger partial charge on any atom is -0.487 e. The van der Waals surface area contributed by atoms with Crippen LogP contribution in [0.1, 0.15) is 35.7 Å². The number of hydrogen-bond donors (Lipinski definition) is 0. The van der Waals surface area contributed by atoms with Crippen molar-refractivity contribution in [2.45, 2.75) is 26.2 Å². The Kier molecular flexibility index (Phi) is 6.91. The van der Waals surface area contributed by atoms with Crippen LogP contribution in [0.3, 0.4) is 0 Å². The van der Waals surface area contributed by atoms with E-state index in [2.05, 4.69) is 21.8 Å². The zero-order valence-electron chi connectivity index (χ0n) is 18.2. The number of hydrogen-bond acceptors (Lipinski definition) is 5. The molecule has 0 radical (unpaired) electrons. The number of carbonyl (C=O) groups excluding carboxylic acids is 1. The van der Waals surface area contributed by atoms with Crippen LogP contribution in [0.4, 0.5) is 19.1 Å². The van der Waals surface area contributed by atoms with Crippen LogP contribution in [0.25, 0.3) is 11.1 Å². The number of aromatic nitrogens is 2. The minimum atomic E-state index is -0.855. The van der Waals surface area contributed by atoms with Crippen molar-refractivity contribution in [1.82, 2.24) is 9.97 Å². The fourth-order valence-electron chi connectivity index (χ4n) is 3.86. The molecule has 4 rings (SSSR count). The number of carbonyl (C=O) groups is 1. The van der Waals surface area contributed by atoms with Gasteiger partial charge in [-0.3, -0.25) is 4.79 Å². The summed E-state index contributed by atoms with van der Waals surface area (Å²) < 4.78 is 48.6. The SMILES string of the molecule is CCc1cnc(N2CCC(COc3c(F)cc(-c4ccc(C=O)c(F)c4)cc3F)CC2)nc1. The Hall–Kier alpha value is -3.42. The topological polar surface area (TPSA) is 55.3 Å². The largest absolute Gasteiger partial charge is 0.487 e. The highest BCUT2D eigenvalue weighted by Crippen LogP contribution is 2.31. The van der Waals surface area contributed by atoms with Crippen molar-refractivity contribution in [3.8, 4) is 16.9 Å². The van der Waals surface area contributed by atoms with Crippen LogP contribution in [0.2, 0.25) is 0 Å². The van der Waals surface area contributed by atoms with Crippen molar-refractivity contribution in [3.05, 3.63) is 71.3 Å². The number of rotatable bonds is 7. The molecule has 0 aliphatic carbocycles. The van der Waals surface area contributed by atoms with E-state index in [0.717, 1.165) is 56.1 Å². The zero-order chi connectivity index (χ0) is 23.4. The molecule has 2 heterocycles. The Bertz CT molecular complexity index is 1110. The minimum absolute atomic E-state index is 0.116. The van der Waals surface area contributed by atoms with Gasteiger partial charge < -0.3 is 9.64 Å². The second kappa shape index (κ2) is 10.0. The second-order valence-electron chi connectivity index (χ2n) is 8.11. The summed E-state index contributed by atoms with van der Waals surface area (Å²) in [4.78, 5) is 21.7. The van der Waals surface area contributed by atoms with Gasteiger partial charge in [0.2, 0.25) is 5.95 Å². The Balaban J connectivity index is 1.37.